The number of amides is 1. The van der Waals surface area contributed by atoms with Gasteiger partial charge in [0.15, 0.2) is 0 Å². The number of hydrogen-bond acceptors (Lipinski definition) is 3. The number of nitrogens with zero attached hydrogens (tertiary/aromatic N) is 1. The lowest BCUT2D eigenvalue weighted by molar-refractivity contribution is -0.135. The summed E-state index contributed by atoms with van der Waals surface area (Å²) in [5, 5.41) is 3.35. The second kappa shape index (κ2) is 5.61. The van der Waals surface area contributed by atoms with Crippen LogP contribution >= 0.6 is 12.6 Å². The predicted molar refractivity (Wildman–Crippen MR) is 73.4 cm³/mol. The standard InChI is InChI=1S/C13H24N2OS/c1-2-15(11-3-7-14-8-4-11)12(16)9-13(10-17)5-6-13/h11,14,17H,2-10H2,1H3. The van der Waals surface area contributed by atoms with Gasteiger partial charge < -0.3 is 10.2 Å². The van der Waals surface area contributed by atoms with Crippen molar-refractivity contribution in [2.75, 3.05) is 25.4 Å². The molecule has 0 unspecified atom stereocenters. The van der Waals surface area contributed by atoms with Crippen LogP contribution in [0.25, 0.3) is 0 Å². The summed E-state index contributed by atoms with van der Waals surface area (Å²) in [4.78, 5) is 14.5. The van der Waals surface area contributed by atoms with Gasteiger partial charge in [-0.15, -0.1) is 0 Å². The third-order valence-electron chi connectivity index (χ3n) is 4.23. The summed E-state index contributed by atoms with van der Waals surface area (Å²) >= 11 is 4.38. The second-order valence-corrected chi connectivity index (χ2v) is 5.81. The molecule has 0 aromatic carbocycles. The number of hydrogen-bond donors (Lipinski definition) is 2. The van der Waals surface area contributed by atoms with Crippen molar-refractivity contribution in [3.05, 3.63) is 0 Å². The zero-order valence-electron chi connectivity index (χ0n) is 10.7. The van der Waals surface area contributed by atoms with Crippen LogP contribution in [0.1, 0.15) is 39.0 Å². The van der Waals surface area contributed by atoms with Crippen molar-refractivity contribution in [3.8, 4) is 0 Å². The summed E-state index contributed by atoms with van der Waals surface area (Å²) < 4.78 is 0. The average molecular weight is 256 g/mol. The van der Waals surface area contributed by atoms with E-state index in [9.17, 15) is 4.79 Å². The first kappa shape index (κ1) is 13.2. The molecular weight excluding hydrogens is 232 g/mol. The lowest BCUT2D eigenvalue weighted by Crippen LogP contribution is -2.46. The van der Waals surface area contributed by atoms with E-state index in [1.807, 2.05) is 0 Å². The Kier molecular flexibility index (Phi) is 4.36. The van der Waals surface area contributed by atoms with Gasteiger partial charge in [0.05, 0.1) is 0 Å². The third kappa shape index (κ3) is 3.16. The number of rotatable bonds is 5. The fraction of sp³-hybridized carbons (Fsp3) is 0.923. The van der Waals surface area contributed by atoms with Crippen LogP contribution in [-0.4, -0.2) is 42.2 Å². The number of carbonyl (C=O) groups is 1. The molecule has 2 aliphatic rings. The quantitative estimate of drug-likeness (QED) is 0.734. The van der Waals surface area contributed by atoms with Crippen molar-refractivity contribution >= 4 is 18.5 Å². The van der Waals surface area contributed by atoms with E-state index >= 15 is 0 Å². The number of carbonyl (C=O) groups excluding carboxylic acids is 1. The molecule has 1 N–H and O–H groups in total. The Hall–Kier alpha value is -0.220. The van der Waals surface area contributed by atoms with Crippen LogP contribution < -0.4 is 5.32 Å². The topological polar surface area (TPSA) is 32.3 Å². The monoisotopic (exact) mass is 256 g/mol. The Morgan fingerprint density at radius 1 is 1.41 bits per heavy atom. The van der Waals surface area contributed by atoms with Crippen LogP contribution in [0.5, 0.6) is 0 Å². The Labute approximate surface area is 110 Å². The maximum Gasteiger partial charge on any atom is 0.223 e. The molecule has 0 bridgehead atoms. The molecule has 0 aromatic heterocycles. The molecule has 1 saturated carbocycles. The summed E-state index contributed by atoms with van der Waals surface area (Å²) in [5.41, 5.74) is 0.251. The highest BCUT2D eigenvalue weighted by Crippen LogP contribution is 2.50. The lowest BCUT2D eigenvalue weighted by Gasteiger charge is -2.34. The van der Waals surface area contributed by atoms with Gasteiger partial charge >= 0.3 is 0 Å². The average Bonchev–Trinajstić information content (AvgIpc) is 3.12. The lowest BCUT2D eigenvalue weighted by atomic mass is 10.0. The van der Waals surface area contributed by atoms with E-state index in [1.54, 1.807) is 0 Å². The Morgan fingerprint density at radius 3 is 2.53 bits per heavy atom. The Balaban J connectivity index is 1.90. The predicted octanol–water partition coefficient (Wildman–Crippen LogP) is 1.69. The molecule has 2 rings (SSSR count). The van der Waals surface area contributed by atoms with Crippen molar-refractivity contribution < 1.29 is 4.79 Å². The maximum absolute atomic E-state index is 12.4. The highest BCUT2D eigenvalue weighted by Gasteiger charge is 2.44. The Morgan fingerprint density at radius 2 is 2.06 bits per heavy atom. The van der Waals surface area contributed by atoms with Crippen LogP contribution in [0.3, 0.4) is 0 Å². The molecule has 3 nitrogen and oxygen atoms in total. The van der Waals surface area contributed by atoms with Crippen molar-refractivity contribution in [2.24, 2.45) is 5.41 Å². The van der Waals surface area contributed by atoms with Crippen molar-refractivity contribution in [2.45, 2.75) is 45.1 Å². The van der Waals surface area contributed by atoms with Gasteiger partial charge in [0, 0.05) is 19.0 Å². The summed E-state index contributed by atoms with van der Waals surface area (Å²) in [6.07, 6.45) is 5.30. The van der Waals surface area contributed by atoms with Gasteiger partial charge in [-0.25, -0.2) is 0 Å². The molecule has 2 fully saturated rings. The van der Waals surface area contributed by atoms with Crippen LogP contribution in [0, 0.1) is 5.41 Å². The molecular formula is C13H24N2OS. The van der Waals surface area contributed by atoms with Gasteiger partial charge in [-0.2, -0.15) is 12.6 Å². The number of thiol groups is 1. The molecule has 0 radical (unpaired) electrons. The molecule has 1 amide bonds. The molecule has 1 aliphatic heterocycles. The minimum absolute atomic E-state index is 0.251. The molecule has 1 heterocycles. The minimum Gasteiger partial charge on any atom is -0.340 e. The third-order valence-corrected chi connectivity index (χ3v) is 4.90. The van der Waals surface area contributed by atoms with Gasteiger partial charge in [0.2, 0.25) is 5.91 Å². The van der Waals surface area contributed by atoms with E-state index in [4.69, 9.17) is 0 Å². The van der Waals surface area contributed by atoms with E-state index in [1.165, 1.54) is 12.8 Å². The van der Waals surface area contributed by atoms with Gasteiger partial charge in [-0.1, -0.05) is 0 Å². The summed E-state index contributed by atoms with van der Waals surface area (Å²) in [6, 6.07) is 0.462. The van der Waals surface area contributed by atoms with Gasteiger partial charge in [0.1, 0.15) is 0 Å². The molecule has 0 atom stereocenters. The number of piperidine rings is 1. The highest BCUT2D eigenvalue weighted by atomic mass is 32.1. The normalized spacial score (nSPS) is 23.4. The molecule has 4 heteroatoms. The maximum atomic E-state index is 12.4. The molecule has 98 valence electrons. The molecule has 17 heavy (non-hydrogen) atoms. The zero-order chi connectivity index (χ0) is 12.3. The van der Waals surface area contributed by atoms with Gasteiger partial charge in [0.25, 0.3) is 0 Å². The molecule has 1 saturated heterocycles. The number of nitrogens with one attached hydrogen (secondary N) is 1. The molecule has 0 spiro atoms. The first-order chi connectivity index (χ1) is 8.21. The fourth-order valence-corrected chi connectivity index (χ4v) is 3.17. The summed E-state index contributed by atoms with van der Waals surface area (Å²) in [7, 11) is 0. The van der Waals surface area contributed by atoms with Crippen molar-refractivity contribution in [3.63, 3.8) is 0 Å². The zero-order valence-corrected chi connectivity index (χ0v) is 11.6. The highest BCUT2D eigenvalue weighted by molar-refractivity contribution is 7.80. The minimum atomic E-state index is 0.251. The summed E-state index contributed by atoms with van der Waals surface area (Å²) in [5.74, 6) is 1.22. The second-order valence-electron chi connectivity index (χ2n) is 5.50. The van der Waals surface area contributed by atoms with E-state index in [0.29, 0.717) is 18.4 Å². The largest absolute Gasteiger partial charge is 0.340 e. The van der Waals surface area contributed by atoms with E-state index in [-0.39, 0.29) is 5.41 Å². The van der Waals surface area contributed by atoms with Crippen LogP contribution in [0.4, 0.5) is 0 Å². The van der Waals surface area contributed by atoms with Crippen LogP contribution in [0.2, 0.25) is 0 Å². The molecule has 1 aliphatic carbocycles. The van der Waals surface area contributed by atoms with E-state index in [2.05, 4.69) is 29.8 Å². The molecule has 0 aromatic rings. The van der Waals surface area contributed by atoms with E-state index < -0.39 is 0 Å². The van der Waals surface area contributed by atoms with Gasteiger partial charge in [-0.3, -0.25) is 4.79 Å². The van der Waals surface area contributed by atoms with Gasteiger partial charge in [-0.05, 0) is 56.9 Å². The summed E-state index contributed by atoms with van der Waals surface area (Å²) in [6.45, 7) is 5.05. The van der Waals surface area contributed by atoms with Crippen molar-refractivity contribution in [1.82, 2.24) is 10.2 Å². The fourth-order valence-electron chi connectivity index (χ4n) is 2.75. The first-order valence-electron chi connectivity index (χ1n) is 6.82. The smallest absolute Gasteiger partial charge is 0.223 e. The van der Waals surface area contributed by atoms with Crippen LogP contribution in [0.15, 0.2) is 0 Å². The SMILES string of the molecule is CCN(C(=O)CC1(CS)CC1)C1CCNCC1. The van der Waals surface area contributed by atoms with E-state index in [0.717, 1.165) is 38.2 Å². The Bertz CT molecular complexity index is 273. The van der Waals surface area contributed by atoms with Crippen molar-refractivity contribution in [1.29, 1.82) is 0 Å². The van der Waals surface area contributed by atoms with Crippen LogP contribution in [-0.2, 0) is 4.79 Å². The first-order valence-corrected chi connectivity index (χ1v) is 7.45.